The molecule has 0 heterocycles. The second-order valence-electron chi connectivity index (χ2n) is 3.44. The number of aliphatic hydroxyl groups excluding tert-OH is 1. The van der Waals surface area contributed by atoms with Gasteiger partial charge in [-0.15, -0.1) is 0 Å². The van der Waals surface area contributed by atoms with E-state index < -0.39 is 12.1 Å². The molecular weight excluding hydrogens is 209 g/mol. The van der Waals surface area contributed by atoms with Gasteiger partial charge in [0.05, 0.1) is 5.92 Å². The minimum Gasteiger partial charge on any atom is -0.396 e. The zero-order chi connectivity index (χ0) is 11.9. The predicted molar refractivity (Wildman–Crippen MR) is 52.4 cm³/mol. The molecule has 0 saturated carbocycles. The molecule has 0 rings (SSSR count). The Balaban J connectivity index is 4.12. The van der Waals surface area contributed by atoms with E-state index in [4.69, 9.17) is 10.8 Å². The molecule has 0 aromatic carbocycles. The third-order valence-electron chi connectivity index (χ3n) is 2.31. The summed E-state index contributed by atoms with van der Waals surface area (Å²) < 4.78 is 37.1. The van der Waals surface area contributed by atoms with Crippen molar-refractivity contribution in [2.24, 2.45) is 11.7 Å². The first-order chi connectivity index (χ1) is 6.95. The lowest BCUT2D eigenvalue weighted by Gasteiger charge is -2.26. The van der Waals surface area contributed by atoms with Crippen molar-refractivity contribution in [3.05, 3.63) is 0 Å². The molecule has 0 aromatic heterocycles. The van der Waals surface area contributed by atoms with Crippen LogP contribution in [0.15, 0.2) is 0 Å². The van der Waals surface area contributed by atoms with Gasteiger partial charge in [0.1, 0.15) is 0 Å². The van der Waals surface area contributed by atoms with E-state index in [0.717, 1.165) is 0 Å². The standard InChI is InChI=1S/C9H19F3N2O/c1-2-14(4-3-5-15)7-8(6-13)9(10,11)12/h8,15H,2-7,13H2,1H3. The van der Waals surface area contributed by atoms with Gasteiger partial charge in [0.25, 0.3) is 0 Å². The average Bonchev–Trinajstić information content (AvgIpc) is 2.16. The van der Waals surface area contributed by atoms with Crippen molar-refractivity contribution >= 4 is 0 Å². The van der Waals surface area contributed by atoms with E-state index in [0.29, 0.717) is 19.5 Å². The van der Waals surface area contributed by atoms with Crippen molar-refractivity contribution in [2.75, 3.05) is 32.8 Å². The third kappa shape index (κ3) is 5.96. The van der Waals surface area contributed by atoms with E-state index in [9.17, 15) is 13.2 Å². The zero-order valence-electron chi connectivity index (χ0n) is 8.93. The lowest BCUT2D eigenvalue weighted by Crippen LogP contribution is -2.41. The Hall–Kier alpha value is -0.330. The largest absolute Gasteiger partial charge is 0.396 e. The van der Waals surface area contributed by atoms with Crippen molar-refractivity contribution in [2.45, 2.75) is 19.5 Å². The molecule has 0 aliphatic rings. The highest BCUT2D eigenvalue weighted by molar-refractivity contribution is 4.72. The fraction of sp³-hybridized carbons (Fsp3) is 1.00. The van der Waals surface area contributed by atoms with Gasteiger partial charge < -0.3 is 15.7 Å². The summed E-state index contributed by atoms with van der Waals surface area (Å²) in [5.74, 6) is -1.48. The highest BCUT2D eigenvalue weighted by atomic mass is 19.4. The van der Waals surface area contributed by atoms with E-state index >= 15 is 0 Å². The molecule has 1 atom stereocenters. The minimum atomic E-state index is -4.23. The first-order valence-corrected chi connectivity index (χ1v) is 5.05. The van der Waals surface area contributed by atoms with Crippen molar-refractivity contribution in [3.63, 3.8) is 0 Å². The van der Waals surface area contributed by atoms with Gasteiger partial charge >= 0.3 is 6.18 Å². The Morgan fingerprint density at radius 3 is 2.33 bits per heavy atom. The Morgan fingerprint density at radius 2 is 2.00 bits per heavy atom. The van der Waals surface area contributed by atoms with Crippen LogP contribution < -0.4 is 5.73 Å². The summed E-state index contributed by atoms with van der Waals surface area (Å²) in [7, 11) is 0. The van der Waals surface area contributed by atoms with E-state index in [-0.39, 0.29) is 19.7 Å². The molecule has 0 bridgehead atoms. The fourth-order valence-electron chi connectivity index (χ4n) is 1.30. The molecule has 0 aromatic rings. The van der Waals surface area contributed by atoms with Crippen molar-refractivity contribution in [3.8, 4) is 0 Å². The molecule has 0 saturated heterocycles. The monoisotopic (exact) mass is 228 g/mol. The van der Waals surface area contributed by atoms with E-state index in [1.54, 1.807) is 11.8 Å². The van der Waals surface area contributed by atoms with Crippen LogP contribution in [-0.4, -0.2) is 49.0 Å². The zero-order valence-corrected chi connectivity index (χ0v) is 8.93. The number of nitrogens with two attached hydrogens (primary N) is 1. The maximum atomic E-state index is 12.4. The Bertz CT molecular complexity index is 164. The van der Waals surface area contributed by atoms with Gasteiger partial charge in [-0.1, -0.05) is 6.92 Å². The van der Waals surface area contributed by atoms with Crippen LogP contribution in [0.3, 0.4) is 0 Å². The van der Waals surface area contributed by atoms with Crippen molar-refractivity contribution < 1.29 is 18.3 Å². The molecule has 0 aliphatic heterocycles. The second-order valence-corrected chi connectivity index (χ2v) is 3.44. The third-order valence-corrected chi connectivity index (χ3v) is 2.31. The number of nitrogens with zero attached hydrogens (tertiary/aromatic N) is 1. The van der Waals surface area contributed by atoms with Crippen LogP contribution in [-0.2, 0) is 0 Å². The maximum absolute atomic E-state index is 12.4. The molecule has 92 valence electrons. The Morgan fingerprint density at radius 1 is 1.40 bits per heavy atom. The lowest BCUT2D eigenvalue weighted by molar-refractivity contribution is -0.176. The minimum absolute atomic E-state index is 0.00416. The summed E-state index contributed by atoms with van der Waals surface area (Å²) in [6, 6.07) is 0. The van der Waals surface area contributed by atoms with E-state index in [1.165, 1.54) is 0 Å². The number of aliphatic hydroxyl groups is 1. The molecule has 0 radical (unpaired) electrons. The van der Waals surface area contributed by atoms with Gasteiger partial charge in [-0.2, -0.15) is 13.2 Å². The molecule has 0 spiro atoms. The Kier molecular flexibility index (Phi) is 6.87. The maximum Gasteiger partial charge on any atom is 0.394 e. The van der Waals surface area contributed by atoms with Crippen LogP contribution in [0.1, 0.15) is 13.3 Å². The van der Waals surface area contributed by atoms with E-state index in [2.05, 4.69) is 0 Å². The van der Waals surface area contributed by atoms with Gasteiger partial charge in [-0.25, -0.2) is 0 Å². The smallest absolute Gasteiger partial charge is 0.394 e. The van der Waals surface area contributed by atoms with Crippen LogP contribution in [0.4, 0.5) is 13.2 Å². The fourth-order valence-corrected chi connectivity index (χ4v) is 1.30. The predicted octanol–water partition coefficient (Wildman–Crippen LogP) is 0.828. The molecule has 15 heavy (non-hydrogen) atoms. The first kappa shape index (κ1) is 14.7. The van der Waals surface area contributed by atoms with Crippen LogP contribution in [0.5, 0.6) is 0 Å². The molecule has 0 aliphatic carbocycles. The van der Waals surface area contributed by atoms with Gasteiger partial charge in [0, 0.05) is 26.2 Å². The molecule has 0 amide bonds. The summed E-state index contributed by atoms with van der Waals surface area (Å²) >= 11 is 0. The molecule has 3 N–H and O–H groups in total. The van der Waals surface area contributed by atoms with Crippen LogP contribution >= 0.6 is 0 Å². The molecule has 0 fully saturated rings. The topological polar surface area (TPSA) is 49.5 Å². The molecule has 1 unspecified atom stereocenters. The number of hydrogen-bond donors (Lipinski definition) is 2. The lowest BCUT2D eigenvalue weighted by atomic mass is 10.1. The number of alkyl halides is 3. The van der Waals surface area contributed by atoms with Gasteiger partial charge in [0.15, 0.2) is 0 Å². The summed E-state index contributed by atoms with van der Waals surface area (Å²) in [6.07, 6.45) is -3.75. The molecule has 3 nitrogen and oxygen atoms in total. The second kappa shape index (κ2) is 7.03. The van der Waals surface area contributed by atoms with Gasteiger partial charge in [-0.05, 0) is 13.0 Å². The average molecular weight is 228 g/mol. The van der Waals surface area contributed by atoms with Gasteiger partial charge in [0.2, 0.25) is 0 Å². The number of hydrogen-bond acceptors (Lipinski definition) is 3. The molecular formula is C9H19F3N2O. The summed E-state index contributed by atoms with van der Waals surface area (Å²) in [5.41, 5.74) is 5.09. The normalized spacial score (nSPS) is 14.6. The van der Waals surface area contributed by atoms with Crippen molar-refractivity contribution in [1.82, 2.24) is 4.90 Å². The quantitative estimate of drug-likeness (QED) is 0.678. The van der Waals surface area contributed by atoms with Crippen LogP contribution in [0.25, 0.3) is 0 Å². The van der Waals surface area contributed by atoms with E-state index in [1.807, 2.05) is 0 Å². The summed E-state index contributed by atoms with van der Waals surface area (Å²) in [4.78, 5) is 1.65. The summed E-state index contributed by atoms with van der Waals surface area (Å²) in [6.45, 7) is 2.32. The SMILES string of the molecule is CCN(CCCO)CC(CN)C(F)(F)F. The Labute approximate surface area is 88.0 Å². The number of halogens is 3. The highest BCUT2D eigenvalue weighted by Crippen LogP contribution is 2.26. The highest BCUT2D eigenvalue weighted by Gasteiger charge is 2.39. The van der Waals surface area contributed by atoms with Gasteiger partial charge in [-0.3, -0.25) is 0 Å². The molecule has 6 heteroatoms. The van der Waals surface area contributed by atoms with Crippen LogP contribution in [0, 0.1) is 5.92 Å². The van der Waals surface area contributed by atoms with Crippen LogP contribution in [0.2, 0.25) is 0 Å². The van der Waals surface area contributed by atoms with Crippen molar-refractivity contribution in [1.29, 1.82) is 0 Å². The first-order valence-electron chi connectivity index (χ1n) is 5.05. The number of rotatable bonds is 7. The summed E-state index contributed by atoms with van der Waals surface area (Å²) in [5, 5.41) is 8.59.